The summed E-state index contributed by atoms with van der Waals surface area (Å²) >= 11 is 1.26. The Morgan fingerprint density at radius 2 is 1.74 bits per heavy atom. The maximum atomic E-state index is 11.3. The van der Waals surface area contributed by atoms with E-state index in [-0.39, 0.29) is 0 Å². The number of ether oxygens (including phenoxy) is 1. The lowest BCUT2D eigenvalue weighted by Gasteiger charge is -2.18. The third kappa shape index (κ3) is 3.51. The number of rotatable bonds is 5. The van der Waals surface area contributed by atoms with E-state index in [0.717, 1.165) is 4.90 Å². The Labute approximate surface area is 116 Å². The van der Waals surface area contributed by atoms with Gasteiger partial charge in [-0.05, 0) is 29.8 Å². The molecule has 4 heteroatoms. The molecular weight excluding hydrogens is 260 g/mol. The zero-order valence-electron chi connectivity index (χ0n) is 10.4. The third-order valence-corrected chi connectivity index (χ3v) is 3.87. The predicted octanol–water partition coefficient (Wildman–Crippen LogP) is 2.28. The summed E-state index contributed by atoms with van der Waals surface area (Å²) in [7, 11) is 1.57. The first kappa shape index (κ1) is 13.5. The van der Waals surface area contributed by atoms with Gasteiger partial charge in [-0.15, -0.1) is 11.8 Å². The van der Waals surface area contributed by atoms with Crippen molar-refractivity contribution in [1.29, 1.82) is 0 Å². The van der Waals surface area contributed by atoms with Crippen LogP contribution in [0.15, 0.2) is 59.5 Å². The molecule has 0 spiro atoms. The number of benzene rings is 2. The zero-order valence-corrected chi connectivity index (χ0v) is 11.2. The molecule has 1 atom stereocenters. The molecule has 1 unspecified atom stereocenters. The lowest BCUT2D eigenvalue weighted by molar-refractivity contribution is -0.305. The molecule has 98 valence electrons. The number of carboxylic acid groups (broad SMARTS) is 1. The number of aliphatic carboxylic acids is 1. The Hall–Kier alpha value is -1.94. The average Bonchev–Trinajstić information content (AvgIpc) is 2.46. The highest BCUT2D eigenvalue weighted by Gasteiger charge is 2.14. The van der Waals surface area contributed by atoms with Gasteiger partial charge in [0.05, 0.1) is 18.3 Å². The Kier molecular flexibility index (Phi) is 4.47. The van der Waals surface area contributed by atoms with E-state index >= 15 is 0 Å². The third-order valence-electron chi connectivity index (χ3n) is 2.63. The molecule has 2 rings (SSSR count). The van der Waals surface area contributed by atoms with E-state index < -0.39 is 11.2 Å². The largest absolute Gasteiger partial charge is 0.549 e. The van der Waals surface area contributed by atoms with Crippen LogP contribution in [0.2, 0.25) is 0 Å². The van der Waals surface area contributed by atoms with Gasteiger partial charge in [0.15, 0.2) is 0 Å². The minimum Gasteiger partial charge on any atom is -0.549 e. The lowest BCUT2D eigenvalue weighted by atomic mass is 10.1. The van der Waals surface area contributed by atoms with Gasteiger partial charge in [-0.2, -0.15) is 0 Å². The highest BCUT2D eigenvalue weighted by atomic mass is 32.2. The molecule has 0 radical (unpaired) electrons. The Balaban J connectivity index is 2.22. The van der Waals surface area contributed by atoms with E-state index in [1.165, 1.54) is 11.8 Å². The standard InChI is InChI=1S/C15H14O3S/c1-18-12-9-7-11(8-10-12)14(15(16)17)19-13-5-3-2-4-6-13/h2-10,14H,1H3,(H,16,17)/p-1. The molecular formula is C15H13O3S-. The van der Waals surface area contributed by atoms with Crippen molar-refractivity contribution in [3.63, 3.8) is 0 Å². The van der Waals surface area contributed by atoms with Crippen molar-refractivity contribution in [2.24, 2.45) is 0 Å². The second-order valence-electron chi connectivity index (χ2n) is 3.90. The van der Waals surface area contributed by atoms with E-state index in [0.29, 0.717) is 11.3 Å². The molecule has 19 heavy (non-hydrogen) atoms. The number of hydrogen-bond acceptors (Lipinski definition) is 4. The number of thioether (sulfide) groups is 1. The first-order valence-corrected chi connectivity index (χ1v) is 6.65. The summed E-state index contributed by atoms with van der Waals surface area (Å²) in [4.78, 5) is 12.2. The predicted molar refractivity (Wildman–Crippen MR) is 73.0 cm³/mol. The maximum Gasteiger partial charge on any atom is 0.118 e. The zero-order chi connectivity index (χ0) is 13.7. The van der Waals surface area contributed by atoms with E-state index in [2.05, 4.69) is 0 Å². The van der Waals surface area contributed by atoms with Crippen molar-refractivity contribution in [1.82, 2.24) is 0 Å². The van der Waals surface area contributed by atoms with Crippen molar-refractivity contribution in [3.05, 3.63) is 60.2 Å². The van der Waals surface area contributed by atoms with Gasteiger partial charge in [-0.3, -0.25) is 0 Å². The normalized spacial score (nSPS) is 11.8. The summed E-state index contributed by atoms with van der Waals surface area (Å²) in [5, 5.41) is 10.6. The van der Waals surface area contributed by atoms with Crippen molar-refractivity contribution in [2.75, 3.05) is 7.11 Å². The molecule has 0 N–H and O–H groups in total. The van der Waals surface area contributed by atoms with Gasteiger partial charge >= 0.3 is 0 Å². The average molecular weight is 273 g/mol. The van der Waals surface area contributed by atoms with Crippen LogP contribution in [0.3, 0.4) is 0 Å². The molecule has 2 aromatic rings. The highest BCUT2D eigenvalue weighted by molar-refractivity contribution is 8.00. The summed E-state index contributed by atoms with van der Waals surface area (Å²) < 4.78 is 5.06. The van der Waals surface area contributed by atoms with Crippen LogP contribution in [0.5, 0.6) is 5.75 Å². The van der Waals surface area contributed by atoms with Gasteiger partial charge in [-0.25, -0.2) is 0 Å². The number of carboxylic acids is 1. The van der Waals surface area contributed by atoms with E-state index in [4.69, 9.17) is 4.74 Å². The number of hydrogen-bond donors (Lipinski definition) is 0. The Morgan fingerprint density at radius 3 is 2.26 bits per heavy atom. The van der Waals surface area contributed by atoms with Crippen molar-refractivity contribution >= 4 is 17.7 Å². The van der Waals surface area contributed by atoms with Crippen molar-refractivity contribution in [3.8, 4) is 5.75 Å². The molecule has 0 aliphatic carbocycles. The quantitative estimate of drug-likeness (QED) is 0.784. The number of carbonyl (C=O) groups excluding carboxylic acids is 1. The fraction of sp³-hybridized carbons (Fsp3) is 0.133. The minimum atomic E-state index is -1.10. The Bertz CT molecular complexity index is 537. The summed E-state index contributed by atoms with van der Waals surface area (Å²) in [6, 6.07) is 16.4. The van der Waals surface area contributed by atoms with Gasteiger partial charge in [-0.1, -0.05) is 30.3 Å². The fourth-order valence-corrected chi connectivity index (χ4v) is 2.64. The first-order valence-electron chi connectivity index (χ1n) is 5.77. The first-order chi connectivity index (χ1) is 9.20. The van der Waals surface area contributed by atoms with E-state index in [1.807, 2.05) is 30.3 Å². The van der Waals surface area contributed by atoms with Crippen LogP contribution in [0, 0.1) is 0 Å². The SMILES string of the molecule is COc1ccc(C(Sc2ccccc2)C(=O)[O-])cc1. The summed E-state index contributed by atoms with van der Waals surface area (Å²) in [6.07, 6.45) is 0. The van der Waals surface area contributed by atoms with Crippen LogP contribution < -0.4 is 9.84 Å². The van der Waals surface area contributed by atoms with Crippen LogP contribution in [0.4, 0.5) is 0 Å². The van der Waals surface area contributed by atoms with Gasteiger partial charge < -0.3 is 14.6 Å². The molecule has 2 aromatic carbocycles. The smallest absolute Gasteiger partial charge is 0.118 e. The van der Waals surface area contributed by atoms with Crippen molar-refractivity contribution < 1.29 is 14.6 Å². The van der Waals surface area contributed by atoms with Gasteiger partial charge in [0.25, 0.3) is 0 Å². The van der Waals surface area contributed by atoms with E-state index in [9.17, 15) is 9.90 Å². The van der Waals surface area contributed by atoms with Crippen molar-refractivity contribution in [2.45, 2.75) is 10.1 Å². The monoisotopic (exact) mass is 273 g/mol. The molecule has 0 aromatic heterocycles. The Morgan fingerprint density at radius 1 is 1.11 bits per heavy atom. The molecule has 0 aliphatic rings. The molecule has 0 saturated carbocycles. The topological polar surface area (TPSA) is 49.4 Å². The molecule has 0 amide bonds. The summed E-state index contributed by atoms with van der Waals surface area (Å²) in [5.74, 6) is -0.399. The molecule has 3 nitrogen and oxygen atoms in total. The maximum absolute atomic E-state index is 11.3. The minimum absolute atomic E-state index is 0.689. The summed E-state index contributed by atoms with van der Waals surface area (Å²) in [5.41, 5.74) is 0.689. The molecule has 0 aliphatic heterocycles. The molecule has 0 bridgehead atoms. The van der Waals surface area contributed by atoms with E-state index in [1.54, 1.807) is 31.4 Å². The second kappa shape index (κ2) is 6.29. The number of carbonyl (C=O) groups is 1. The fourth-order valence-electron chi connectivity index (χ4n) is 1.67. The van der Waals surface area contributed by atoms with Crippen LogP contribution in [0.25, 0.3) is 0 Å². The van der Waals surface area contributed by atoms with Gasteiger partial charge in [0, 0.05) is 4.90 Å². The highest BCUT2D eigenvalue weighted by Crippen LogP contribution is 2.35. The lowest BCUT2D eigenvalue weighted by Crippen LogP contribution is -2.28. The van der Waals surface area contributed by atoms with Gasteiger partial charge in [0.1, 0.15) is 5.75 Å². The summed E-state index contributed by atoms with van der Waals surface area (Å²) in [6.45, 7) is 0. The molecule has 0 heterocycles. The van der Waals surface area contributed by atoms with Crippen LogP contribution in [-0.2, 0) is 4.79 Å². The molecule has 0 fully saturated rings. The van der Waals surface area contributed by atoms with Crippen LogP contribution >= 0.6 is 11.8 Å². The van der Waals surface area contributed by atoms with Crippen LogP contribution in [-0.4, -0.2) is 13.1 Å². The molecule has 0 saturated heterocycles. The second-order valence-corrected chi connectivity index (χ2v) is 5.08. The number of methoxy groups -OCH3 is 1. The van der Waals surface area contributed by atoms with Crippen LogP contribution in [0.1, 0.15) is 10.8 Å². The van der Waals surface area contributed by atoms with Gasteiger partial charge in [0.2, 0.25) is 0 Å².